The molecule has 1 fully saturated rings. The van der Waals surface area contributed by atoms with E-state index in [1.807, 2.05) is 0 Å². The summed E-state index contributed by atoms with van der Waals surface area (Å²) in [7, 11) is 0. The third-order valence-corrected chi connectivity index (χ3v) is 4.24. The lowest BCUT2D eigenvalue weighted by molar-refractivity contribution is -0.111. The molecule has 2 nitrogen and oxygen atoms in total. The van der Waals surface area contributed by atoms with E-state index in [9.17, 15) is 9.90 Å². The van der Waals surface area contributed by atoms with Gasteiger partial charge >= 0.3 is 0 Å². The summed E-state index contributed by atoms with van der Waals surface area (Å²) < 4.78 is -0.876. The Balaban J connectivity index is 2.43. The van der Waals surface area contributed by atoms with E-state index in [0.29, 0.717) is 0 Å². The Morgan fingerprint density at radius 2 is 2.10 bits per heavy atom. The summed E-state index contributed by atoms with van der Waals surface area (Å²) in [6, 6.07) is 0. The number of carbonyl (C=O) groups excluding carboxylic acids is 1. The van der Waals surface area contributed by atoms with Crippen molar-refractivity contribution in [3.05, 3.63) is 0 Å². The minimum atomic E-state index is -0.876. The molecule has 0 amide bonds. The maximum atomic E-state index is 10.5. The first kappa shape index (κ1) is 8.77. The first-order valence-corrected chi connectivity index (χ1v) is 5.26. The highest BCUT2D eigenvalue weighted by atomic mass is 32.2. The molecule has 0 aliphatic carbocycles. The minimum absolute atomic E-state index is 0.144. The van der Waals surface area contributed by atoms with E-state index in [1.165, 1.54) is 23.5 Å². The maximum Gasteiger partial charge on any atom is 0.190 e. The Morgan fingerprint density at radius 3 is 2.50 bits per heavy atom. The highest BCUT2D eigenvalue weighted by Crippen LogP contribution is 2.44. The Bertz CT molecular complexity index is 142. The van der Waals surface area contributed by atoms with Crippen LogP contribution in [-0.2, 0) is 4.79 Å². The molecule has 1 aliphatic rings. The molecule has 0 aromatic rings. The van der Waals surface area contributed by atoms with Crippen LogP contribution in [-0.4, -0.2) is 26.0 Å². The smallest absolute Gasteiger partial charge is 0.190 e. The number of thiol groups is 1. The molecule has 0 spiro atoms. The van der Waals surface area contributed by atoms with Gasteiger partial charge in [-0.25, -0.2) is 0 Å². The van der Waals surface area contributed by atoms with Crippen molar-refractivity contribution in [3.63, 3.8) is 0 Å². The molecular formula is C5H8O2S3. The van der Waals surface area contributed by atoms with E-state index < -0.39 is 4.27 Å². The Labute approximate surface area is 73.6 Å². The maximum absolute atomic E-state index is 10.5. The molecule has 0 aromatic carbocycles. The summed E-state index contributed by atoms with van der Waals surface area (Å²) in [4.78, 5) is 10.5. The van der Waals surface area contributed by atoms with Gasteiger partial charge in [-0.1, -0.05) is 0 Å². The molecule has 0 radical (unpaired) electrons. The van der Waals surface area contributed by atoms with Crippen molar-refractivity contribution < 1.29 is 9.90 Å². The van der Waals surface area contributed by atoms with Crippen LogP contribution >= 0.6 is 36.2 Å². The average Bonchev–Trinajstić information content (AvgIpc) is 2.12. The fraction of sp³-hybridized carbons (Fsp3) is 0.800. The monoisotopic (exact) mass is 196 g/mol. The van der Waals surface area contributed by atoms with Crippen molar-refractivity contribution in [2.24, 2.45) is 0 Å². The molecule has 1 aliphatic heterocycles. The molecule has 5 heteroatoms. The third kappa shape index (κ3) is 2.38. The minimum Gasteiger partial charge on any atom is -0.370 e. The molecular weight excluding hydrogens is 188 g/mol. The zero-order chi connectivity index (χ0) is 7.61. The number of thioether (sulfide) groups is 2. The first-order chi connectivity index (χ1) is 4.62. The van der Waals surface area contributed by atoms with Crippen LogP contribution in [0.2, 0.25) is 0 Å². The van der Waals surface area contributed by atoms with Crippen LogP contribution in [0.4, 0.5) is 0 Å². The van der Waals surface area contributed by atoms with Crippen LogP contribution in [0, 0.1) is 0 Å². The van der Waals surface area contributed by atoms with Crippen molar-refractivity contribution in [1.29, 1.82) is 0 Å². The Kier molecular flexibility index (Phi) is 2.97. The average molecular weight is 196 g/mol. The van der Waals surface area contributed by atoms with Gasteiger partial charge in [0.2, 0.25) is 0 Å². The molecule has 0 unspecified atom stereocenters. The second kappa shape index (κ2) is 3.38. The summed E-state index contributed by atoms with van der Waals surface area (Å²) in [5.41, 5.74) is 0. The molecule has 1 N–H and O–H groups in total. The van der Waals surface area contributed by atoms with Gasteiger partial charge in [-0.2, -0.15) is 0 Å². The molecule has 0 atom stereocenters. The quantitative estimate of drug-likeness (QED) is 0.645. The number of hydrogen-bond donors (Lipinski definition) is 2. The second-order valence-electron chi connectivity index (χ2n) is 1.98. The lowest BCUT2D eigenvalue weighted by Crippen LogP contribution is -2.18. The summed E-state index contributed by atoms with van der Waals surface area (Å²) in [5.74, 6) is 1.84. The number of carbonyl (C=O) groups is 1. The molecule has 0 aromatic heterocycles. The van der Waals surface area contributed by atoms with Gasteiger partial charge in [0, 0.05) is 11.5 Å². The second-order valence-corrected chi connectivity index (χ2v) is 5.48. The van der Waals surface area contributed by atoms with E-state index in [-0.39, 0.29) is 11.5 Å². The third-order valence-electron chi connectivity index (χ3n) is 1.11. The molecule has 10 heavy (non-hydrogen) atoms. The molecule has 1 heterocycles. The molecule has 0 saturated carbocycles. The van der Waals surface area contributed by atoms with Gasteiger partial charge in [-0.05, 0) is 0 Å². The van der Waals surface area contributed by atoms with E-state index in [2.05, 4.69) is 12.6 Å². The van der Waals surface area contributed by atoms with E-state index in [1.54, 1.807) is 0 Å². The topological polar surface area (TPSA) is 37.3 Å². The summed E-state index contributed by atoms with van der Waals surface area (Å²) in [5, 5.41) is 9.27. The van der Waals surface area contributed by atoms with Crippen molar-refractivity contribution in [2.45, 2.75) is 10.7 Å². The Morgan fingerprint density at radius 1 is 1.60 bits per heavy atom. The summed E-state index contributed by atoms with van der Waals surface area (Å²) in [6.45, 7) is 0. The standard InChI is InChI=1S/C5H8O2S3/c6-4(8)3-5(7)9-1-2-10-5/h7H,1-3H2,(H,6,8). The van der Waals surface area contributed by atoms with Gasteiger partial charge < -0.3 is 5.11 Å². The fourth-order valence-corrected chi connectivity index (χ4v) is 3.78. The van der Waals surface area contributed by atoms with Crippen LogP contribution in [0.25, 0.3) is 0 Å². The number of rotatable bonds is 2. The summed E-state index contributed by atoms with van der Waals surface area (Å²) >= 11 is 6.45. The Hall–Kier alpha value is 0.680. The predicted molar refractivity (Wildman–Crippen MR) is 48.5 cm³/mol. The molecule has 1 saturated heterocycles. The first-order valence-electron chi connectivity index (χ1n) is 2.84. The molecule has 1 rings (SSSR count). The normalized spacial score (nSPS) is 23.0. The van der Waals surface area contributed by atoms with Gasteiger partial charge in [0.1, 0.15) is 0 Å². The van der Waals surface area contributed by atoms with Crippen LogP contribution in [0.5, 0.6) is 0 Å². The summed E-state index contributed by atoms with van der Waals surface area (Å²) in [6.07, 6.45) is 0.144. The van der Waals surface area contributed by atoms with Crippen molar-refractivity contribution >= 4 is 41.3 Å². The molecule has 0 bridgehead atoms. The van der Waals surface area contributed by atoms with E-state index in [4.69, 9.17) is 0 Å². The number of aliphatic hydroxyl groups is 1. The fourth-order valence-electron chi connectivity index (χ4n) is 0.737. The van der Waals surface area contributed by atoms with Gasteiger partial charge in [0.15, 0.2) is 9.38 Å². The lowest BCUT2D eigenvalue weighted by atomic mass is 10.5. The van der Waals surface area contributed by atoms with Crippen molar-refractivity contribution in [1.82, 2.24) is 0 Å². The number of hydrogen-bond acceptors (Lipinski definition) is 4. The van der Waals surface area contributed by atoms with Gasteiger partial charge in [-0.3, -0.25) is 4.79 Å². The SMILES string of the molecule is O=C(S)CC1(O)SCCS1. The largest absolute Gasteiger partial charge is 0.370 e. The molecule has 58 valence electrons. The van der Waals surface area contributed by atoms with Crippen molar-refractivity contribution in [3.8, 4) is 0 Å². The highest BCUT2D eigenvalue weighted by Gasteiger charge is 2.34. The van der Waals surface area contributed by atoms with Gasteiger partial charge in [0.25, 0.3) is 0 Å². The van der Waals surface area contributed by atoms with Gasteiger partial charge in [0.05, 0.1) is 6.42 Å². The van der Waals surface area contributed by atoms with Gasteiger partial charge in [-0.15, -0.1) is 36.2 Å². The highest BCUT2D eigenvalue weighted by molar-refractivity contribution is 8.21. The zero-order valence-electron chi connectivity index (χ0n) is 5.24. The zero-order valence-corrected chi connectivity index (χ0v) is 7.77. The van der Waals surface area contributed by atoms with E-state index >= 15 is 0 Å². The van der Waals surface area contributed by atoms with Crippen molar-refractivity contribution in [2.75, 3.05) is 11.5 Å². The van der Waals surface area contributed by atoms with Crippen LogP contribution in [0.3, 0.4) is 0 Å². The predicted octanol–water partition coefficient (Wildman–Crippen LogP) is 0.959. The van der Waals surface area contributed by atoms with E-state index in [0.717, 1.165) is 11.5 Å². The van der Waals surface area contributed by atoms with Crippen LogP contribution in [0.1, 0.15) is 6.42 Å². The lowest BCUT2D eigenvalue weighted by Gasteiger charge is -2.16. The van der Waals surface area contributed by atoms with Crippen LogP contribution < -0.4 is 0 Å². The van der Waals surface area contributed by atoms with Crippen LogP contribution in [0.15, 0.2) is 0 Å².